The summed E-state index contributed by atoms with van der Waals surface area (Å²) in [6, 6.07) is 8.35. The fraction of sp³-hybridized carbons (Fsp3) is 0.500. The third-order valence-electron chi connectivity index (χ3n) is 5.86. The Labute approximate surface area is 187 Å². The van der Waals surface area contributed by atoms with Crippen LogP contribution < -0.4 is 4.90 Å². The summed E-state index contributed by atoms with van der Waals surface area (Å²) in [4.78, 5) is 36.0. The van der Waals surface area contributed by atoms with Crippen molar-refractivity contribution >= 4 is 35.2 Å². The molecule has 9 heteroatoms. The quantitative estimate of drug-likeness (QED) is 0.501. The number of hydrogen-bond donors (Lipinski definition) is 2. The van der Waals surface area contributed by atoms with Crippen LogP contribution in [0, 0.1) is 0 Å². The molecule has 2 aliphatic rings. The molecule has 2 heterocycles. The summed E-state index contributed by atoms with van der Waals surface area (Å²) < 4.78 is 5.82. The van der Waals surface area contributed by atoms with Gasteiger partial charge in [0.1, 0.15) is 12.1 Å². The lowest BCUT2D eigenvalue weighted by Crippen LogP contribution is -2.45. The van der Waals surface area contributed by atoms with Crippen LogP contribution in [-0.2, 0) is 19.1 Å². The maximum atomic E-state index is 12.5. The Kier molecular flexibility index (Phi) is 8.88. The number of fused-ring (bicyclic) bond motifs is 2. The van der Waals surface area contributed by atoms with E-state index in [9.17, 15) is 14.4 Å². The van der Waals surface area contributed by atoms with E-state index in [0.717, 1.165) is 18.5 Å². The molecular weight excluding hydrogens is 424 g/mol. The molecule has 31 heavy (non-hydrogen) atoms. The number of aliphatic carboxylic acids is 2. The molecule has 2 fully saturated rings. The van der Waals surface area contributed by atoms with Crippen molar-refractivity contribution in [1.29, 1.82) is 0 Å². The van der Waals surface area contributed by atoms with E-state index in [4.69, 9.17) is 26.6 Å². The summed E-state index contributed by atoms with van der Waals surface area (Å²) in [5, 5.41) is 16.3. The first-order valence-corrected chi connectivity index (χ1v) is 10.5. The number of hydrogen-bond acceptors (Lipinski definition) is 6. The zero-order chi connectivity index (χ0) is 23.1. The largest absolute Gasteiger partial charge is 0.478 e. The van der Waals surface area contributed by atoms with Gasteiger partial charge in [-0.25, -0.2) is 14.4 Å². The van der Waals surface area contributed by atoms with Crippen molar-refractivity contribution in [3.8, 4) is 0 Å². The number of carbonyl (C=O) groups excluding carboxylic acids is 1. The fourth-order valence-corrected chi connectivity index (χ4v) is 4.05. The summed E-state index contributed by atoms with van der Waals surface area (Å²) in [6.07, 6.45) is 5.58. The van der Waals surface area contributed by atoms with Gasteiger partial charge in [-0.05, 0) is 63.9 Å². The molecule has 170 valence electrons. The maximum absolute atomic E-state index is 12.5. The van der Waals surface area contributed by atoms with E-state index < -0.39 is 11.9 Å². The summed E-state index contributed by atoms with van der Waals surface area (Å²) in [5.74, 6) is -2.66. The van der Waals surface area contributed by atoms with Crippen LogP contribution in [0.25, 0.3) is 0 Å². The van der Waals surface area contributed by atoms with E-state index in [0.29, 0.717) is 29.3 Å². The van der Waals surface area contributed by atoms with Crippen molar-refractivity contribution < 1.29 is 29.3 Å². The van der Waals surface area contributed by atoms with Gasteiger partial charge < -0.3 is 24.7 Å². The van der Waals surface area contributed by atoms with Crippen molar-refractivity contribution in [1.82, 2.24) is 4.90 Å². The highest BCUT2D eigenvalue weighted by Crippen LogP contribution is 2.35. The molecule has 2 N–H and O–H groups in total. The highest BCUT2D eigenvalue weighted by atomic mass is 35.5. The third kappa shape index (κ3) is 7.25. The average Bonchev–Trinajstić information content (AvgIpc) is 2.92. The first kappa shape index (κ1) is 24.7. The molecule has 8 nitrogen and oxygen atoms in total. The summed E-state index contributed by atoms with van der Waals surface area (Å²) in [7, 11) is 4.10. The molecule has 0 spiro atoms. The lowest BCUT2D eigenvalue weighted by Gasteiger charge is -2.36. The molecule has 0 aliphatic carbocycles. The van der Waals surface area contributed by atoms with Crippen molar-refractivity contribution in [3.05, 3.63) is 41.4 Å². The Balaban J connectivity index is 0.000000366. The molecule has 1 aromatic rings. The molecule has 0 radical (unpaired) electrons. The summed E-state index contributed by atoms with van der Waals surface area (Å²) in [6.45, 7) is 1.89. The number of carbonyl (C=O) groups is 3. The molecule has 3 unspecified atom stereocenters. The minimum Gasteiger partial charge on any atom is -0.478 e. The van der Waals surface area contributed by atoms with Crippen LogP contribution in [-0.4, -0.2) is 71.3 Å². The van der Waals surface area contributed by atoms with Crippen molar-refractivity contribution in [2.75, 3.05) is 19.0 Å². The van der Waals surface area contributed by atoms with Gasteiger partial charge in [-0.1, -0.05) is 11.6 Å². The lowest BCUT2D eigenvalue weighted by atomic mass is 10.0. The number of benzene rings is 1. The average molecular weight is 453 g/mol. The molecule has 2 saturated heterocycles. The number of rotatable bonds is 6. The normalized spacial score (nSPS) is 23.5. The van der Waals surface area contributed by atoms with Gasteiger partial charge in [0.2, 0.25) is 0 Å². The van der Waals surface area contributed by atoms with Gasteiger partial charge in [0.25, 0.3) is 0 Å². The molecule has 0 aromatic heterocycles. The van der Waals surface area contributed by atoms with Gasteiger partial charge in [-0.3, -0.25) is 0 Å². The van der Waals surface area contributed by atoms with Crippen LogP contribution in [0.1, 0.15) is 32.6 Å². The predicted molar refractivity (Wildman–Crippen MR) is 117 cm³/mol. The number of nitrogens with zero attached hydrogens (tertiary/aromatic N) is 2. The minimum absolute atomic E-state index is 0.0669. The highest BCUT2D eigenvalue weighted by molar-refractivity contribution is 6.30. The SMILES string of the molecule is CC(C(=O)OC1CC2CCC(C1)N2C)N(C)c1ccc(Cl)cc1.O=C(O)C=CC(=O)O. The number of ether oxygens (including phenoxy) is 1. The lowest BCUT2D eigenvalue weighted by molar-refractivity contribution is -0.153. The van der Waals surface area contributed by atoms with Gasteiger partial charge in [-0.15, -0.1) is 0 Å². The van der Waals surface area contributed by atoms with Crippen molar-refractivity contribution in [2.45, 2.75) is 56.8 Å². The van der Waals surface area contributed by atoms with Gasteiger partial charge in [0, 0.05) is 42.0 Å². The summed E-state index contributed by atoms with van der Waals surface area (Å²) in [5.41, 5.74) is 0.960. The number of likely N-dealkylation sites (N-methyl/N-ethyl adjacent to an activating group) is 1. The minimum atomic E-state index is -1.26. The van der Waals surface area contributed by atoms with Crippen LogP contribution in [0.2, 0.25) is 5.02 Å². The molecule has 1 aromatic carbocycles. The number of esters is 1. The Hall–Kier alpha value is -2.58. The standard InChI is InChI=1S/C18H25ClN2O2.C4H4O4/c1-12(20(2)14-6-4-13(19)5-7-14)18(22)23-17-10-15-8-9-16(11-17)21(15)3;5-3(6)1-2-4(7)8/h4-7,12,15-17H,8-11H2,1-3H3;1-2H,(H,5,6)(H,7,8). The Morgan fingerprint density at radius 3 is 2.03 bits per heavy atom. The number of carboxylic acids is 2. The fourth-order valence-electron chi connectivity index (χ4n) is 3.92. The number of halogens is 1. The summed E-state index contributed by atoms with van der Waals surface area (Å²) >= 11 is 5.92. The number of piperidine rings is 1. The molecule has 0 saturated carbocycles. The molecule has 3 rings (SSSR count). The van der Waals surface area contributed by atoms with E-state index in [2.05, 4.69) is 11.9 Å². The van der Waals surface area contributed by atoms with Gasteiger partial charge in [-0.2, -0.15) is 0 Å². The van der Waals surface area contributed by atoms with Gasteiger partial charge in [0.05, 0.1) is 0 Å². The van der Waals surface area contributed by atoms with Crippen LogP contribution >= 0.6 is 11.6 Å². The predicted octanol–water partition coefficient (Wildman–Crippen LogP) is 3.04. The molecule has 2 aliphatic heterocycles. The van der Waals surface area contributed by atoms with Crippen LogP contribution in [0.4, 0.5) is 5.69 Å². The van der Waals surface area contributed by atoms with Crippen molar-refractivity contribution in [3.63, 3.8) is 0 Å². The Morgan fingerprint density at radius 1 is 1.10 bits per heavy atom. The van der Waals surface area contributed by atoms with Gasteiger partial charge >= 0.3 is 17.9 Å². The smallest absolute Gasteiger partial charge is 0.328 e. The Bertz CT molecular complexity index is 783. The molecule has 0 amide bonds. The first-order valence-electron chi connectivity index (χ1n) is 10.1. The molecule has 2 bridgehead atoms. The highest BCUT2D eigenvalue weighted by Gasteiger charge is 2.40. The monoisotopic (exact) mass is 452 g/mol. The zero-order valence-electron chi connectivity index (χ0n) is 17.9. The second-order valence-electron chi connectivity index (χ2n) is 7.85. The van der Waals surface area contributed by atoms with E-state index in [1.807, 2.05) is 43.1 Å². The number of carboxylic acid groups (broad SMARTS) is 2. The van der Waals surface area contributed by atoms with E-state index in [1.165, 1.54) is 12.8 Å². The van der Waals surface area contributed by atoms with E-state index in [1.54, 1.807) is 0 Å². The molecular formula is C22H29ClN2O6. The second-order valence-corrected chi connectivity index (χ2v) is 8.29. The second kappa shape index (κ2) is 11.2. The zero-order valence-corrected chi connectivity index (χ0v) is 18.7. The van der Waals surface area contributed by atoms with Gasteiger partial charge in [0.15, 0.2) is 0 Å². The van der Waals surface area contributed by atoms with E-state index >= 15 is 0 Å². The topological polar surface area (TPSA) is 107 Å². The van der Waals surface area contributed by atoms with Crippen molar-refractivity contribution in [2.24, 2.45) is 0 Å². The third-order valence-corrected chi connectivity index (χ3v) is 6.11. The number of anilines is 1. The Morgan fingerprint density at radius 2 is 1.58 bits per heavy atom. The van der Waals surface area contributed by atoms with Crippen LogP contribution in [0.5, 0.6) is 0 Å². The van der Waals surface area contributed by atoms with Crippen LogP contribution in [0.3, 0.4) is 0 Å². The van der Waals surface area contributed by atoms with Crippen LogP contribution in [0.15, 0.2) is 36.4 Å². The maximum Gasteiger partial charge on any atom is 0.328 e. The first-order chi connectivity index (χ1) is 14.6. The molecule has 3 atom stereocenters. The van der Waals surface area contributed by atoms with E-state index in [-0.39, 0.29) is 18.1 Å².